The Labute approximate surface area is 83.2 Å². The summed E-state index contributed by atoms with van der Waals surface area (Å²) < 4.78 is 10.2. The molecule has 0 spiro atoms. The highest BCUT2D eigenvalue weighted by Gasteiger charge is 2.04. The second kappa shape index (κ2) is 6.02. The number of thioether (sulfide) groups is 1. The Morgan fingerprint density at radius 2 is 1.77 bits per heavy atom. The number of benzene rings is 1. The summed E-state index contributed by atoms with van der Waals surface area (Å²) in [6.07, 6.45) is -0.120. The first-order valence-corrected chi connectivity index (χ1v) is 5.09. The largest absolute Gasteiger partial charge is 0.355 e. The molecule has 72 valence electrons. The van der Waals surface area contributed by atoms with Gasteiger partial charge in [0.05, 0.1) is 0 Å². The third-order valence-corrected chi connectivity index (χ3v) is 2.70. The number of hydrogen-bond acceptors (Lipinski definition) is 3. The highest BCUT2D eigenvalue weighted by molar-refractivity contribution is 7.99. The van der Waals surface area contributed by atoms with Crippen LogP contribution in [0.1, 0.15) is 0 Å². The highest BCUT2D eigenvalue weighted by Crippen LogP contribution is 2.18. The third kappa shape index (κ3) is 3.81. The first kappa shape index (κ1) is 10.6. The van der Waals surface area contributed by atoms with Crippen LogP contribution in [0.15, 0.2) is 35.2 Å². The van der Waals surface area contributed by atoms with Crippen molar-refractivity contribution < 1.29 is 9.47 Å². The number of methoxy groups -OCH3 is 2. The van der Waals surface area contributed by atoms with Crippen LogP contribution >= 0.6 is 11.8 Å². The smallest absolute Gasteiger partial charge is 0.166 e. The summed E-state index contributed by atoms with van der Waals surface area (Å²) in [5.41, 5.74) is 0. The maximum Gasteiger partial charge on any atom is 0.166 e. The molecule has 0 unspecified atom stereocenters. The van der Waals surface area contributed by atoms with Gasteiger partial charge in [0.1, 0.15) is 0 Å². The van der Waals surface area contributed by atoms with Crippen LogP contribution in [-0.4, -0.2) is 26.3 Å². The quantitative estimate of drug-likeness (QED) is 0.534. The normalized spacial score (nSPS) is 10.7. The fourth-order valence-corrected chi connectivity index (χ4v) is 1.86. The van der Waals surface area contributed by atoms with Gasteiger partial charge in [0.15, 0.2) is 6.29 Å². The van der Waals surface area contributed by atoms with Gasteiger partial charge in [0.2, 0.25) is 0 Å². The van der Waals surface area contributed by atoms with Crippen molar-refractivity contribution in [1.82, 2.24) is 0 Å². The molecule has 0 saturated carbocycles. The number of rotatable bonds is 5. The molecule has 1 aromatic rings. The van der Waals surface area contributed by atoms with E-state index >= 15 is 0 Å². The molecule has 0 heterocycles. The van der Waals surface area contributed by atoms with E-state index < -0.39 is 0 Å². The number of hydrogen-bond donors (Lipinski definition) is 0. The van der Waals surface area contributed by atoms with Crippen molar-refractivity contribution in [1.29, 1.82) is 0 Å². The summed E-state index contributed by atoms with van der Waals surface area (Å²) in [6, 6.07) is 10.2. The average Bonchev–Trinajstić information content (AvgIpc) is 2.21. The summed E-state index contributed by atoms with van der Waals surface area (Å²) >= 11 is 1.73. The summed E-state index contributed by atoms with van der Waals surface area (Å²) in [5, 5.41) is 0. The van der Waals surface area contributed by atoms with Crippen molar-refractivity contribution in [3.05, 3.63) is 30.3 Å². The van der Waals surface area contributed by atoms with Gasteiger partial charge in [-0.15, -0.1) is 11.8 Å². The minimum Gasteiger partial charge on any atom is -0.355 e. The molecule has 0 aliphatic carbocycles. The van der Waals surface area contributed by atoms with Crippen molar-refractivity contribution in [2.45, 2.75) is 11.2 Å². The van der Waals surface area contributed by atoms with Crippen LogP contribution in [0, 0.1) is 0 Å². The van der Waals surface area contributed by atoms with E-state index in [2.05, 4.69) is 12.1 Å². The van der Waals surface area contributed by atoms with Crippen molar-refractivity contribution in [2.75, 3.05) is 20.0 Å². The van der Waals surface area contributed by atoms with Gasteiger partial charge in [-0.25, -0.2) is 0 Å². The highest BCUT2D eigenvalue weighted by atomic mass is 32.2. The first-order chi connectivity index (χ1) is 6.36. The molecule has 3 heteroatoms. The Kier molecular flexibility index (Phi) is 4.90. The summed E-state index contributed by atoms with van der Waals surface area (Å²) in [6.45, 7) is 0. The minimum absolute atomic E-state index is 0.120. The second-order valence-corrected chi connectivity index (χ2v) is 3.62. The molecule has 0 radical (unpaired) electrons. The molecular weight excluding hydrogens is 184 g/mol. The molecule has 0 aromatic heterocycles. The van der Waals surface area contributed by atoms with Gasteiger partial charge in [0, 0.05) is 24.9 Å². The predicted octanol–water partition coefficient (Wildman–Crippen LogP) is 2.40. The van der Waals surface area contributed by atoms with Gasteiger partial charge in [-0.2, -0.15) is 0 Å². The van der Waals surface area contributed by atoms with Crippen LogP contribution in [-0.2, 0) is 9.47 Å². The van der Waals surface area contributed by atoms with Crippen molar-refractivity contribution >= 4 is 11.8 Å². The molecule has 1 rings (SSSR count). The van der Waals surface area contributed by atoms with Crippen LogP contribution in [0.5, 0.6) is 0 Å². The topological polar surface area (TPSA) is 18.5 Å². The van der Waals surface area contributed by atoms with Crippen molar-refractivity contribution in [2.24, 2.45) is 0 Å². The maximum absolute atomic E-state index is 5.08. The Morgan fingerprint density at radius 1 is 1.15 bits per heavy atom. The Morgan fingerprint density at radius 3 is 2.31 bits per heavy atom. The van der Waals surface area contributed by atoms with E-state index in [9.17, 15) is 0 Å². The van der Waals surface area contributed by atoms with E-state index in [1.165, 1.54) is 4.90 Å². The average molecular weight is 198 g/mol. The Hall–Kier alpha value is -0.510. The lowest BCUT2D eigenvalue weighted by Crippen LogP contribution is -2.15. The lowest BCUT2D eigenvalue weighted by molar-refractivity contribution is -0.0842. The van der Waals surface area contributed by atoms with Crippen molar-refractivity contribution in [3.63, 3.8) is 0 Å². The van der Waals surface area contributed by atoms with E-state index in [1.54, 1.807) is 26.0 Å². The molecule has 0 bridgehead atoms. The van der Waals surface area contributed by atoms with E-state index in [4.69, 9.17) is 9.47 Å². The fourth-order valence-electron chi connectivity index (χ4n) is 0.913. The molecule has 13 heavy (non-hydrogen) atoms. The second-order valence-electron chi connectivity index (χ2n) is 2.53. The first-order valence-electron chi connectivity index (χ1n) is 4.10. The molecule has 0 aliphatic rings. The van der Waals surface area contributed by atoms with Gasteiger partial charge in [0.25, 0.3) is 0 Å². The molecule has 0 aliphatic heterocycles. The SMILES string of the molecule is COC(CSc1ccccc1)OC. The van der Waals surface area contributed by atoms with Crippen molar-refractivity contribution in [3.8, 4) is 0 Å². The lowest BCUT2D eigenvalue weighted by atomic mass is 10.4. The zero-order chi connectivity index (χ0) is 9.52. The molecule has 0 saturated heterocycles. The van der Waals surface area contributed by atoms with Gasteiger partial charge in [-0.1, -0.05) is 18.2 Å². The van der Waals surface area contributed by atoms with E-state index in [-0.39, 0.29) is 6.29 Å². The monoisotopic (exact) mass is 198 g/mol. The van der Waals surface area contributed by atoms with Gasteiger partial charge >= 0.3 is 0 Å². The van der Waals surface area contributed by atoms with Gasteiger partial charge < -0.3 is 9.47 Å². The minimum atomic E-state index is -0.120. The Balaban J connectivity index is 2.34. The lowest BCUT2D eigenvalue weighted by Gasteiger charge is -2.12. The van der Waals surface area contributed by atoms with E-state index in [1.807, 2.05) is 18.2 Å². The zero-order valence-corrected chi connectivity index (χ0v) is 8.71. The standard InChI is InChI=1S/C10H14O2S/c1-11-10(12-2)8-13-9-6-4-3-5-7-9/h3-7,10H,8H2,1-2H3. The van der Waals surface area contributed by atoms with Crippen LogP contribution in [0.4, 0.5) is 0 Å². The molecule has 2 nitrogen and oxygen atoms in total. The van der Waals surface area contributed by atoms with Gasteiger partial charge in [-0.05, 0) is 12.1 Å². The predicted molar refractivity (Wildman–Crippen MR) is 55.0 cm³/mol. The molecule has 0 N–H and O–H groups in total. The molecule has 0 amide bonds. The third-order valence-electron chi connectivity index (χ3n) is 1.66. The molecular formula is C10H14O2S. The summed E-state index contributed by atoms with van der Waals surface area (Å²) in [7, 11) is 3.30. The van der Waals surface area contributed by atoms with Crippen LogP contribution in [0.3, 0.4) is 0 Å². The fraction of sp³-hybridized carbons (Fsp3) is 0.400. The molecule has 1 aromatic carbocycles. The summed E-state index contributed by atoms with van der Waals surface area (Å²) in [4.78, 5) is 1.24. The molecule has 0 atom stereocenters. The van der Waals surface area contributed by atoms with Crippen LogP contribution in [0.2, 0.25) is 0 Å². The van der Waals surface area contributed by atoms with E-state index in [0.29, 0.717) is 0 Å². The molecule has 0 fully saturated rings. The van der Waals surface area contributed by atoms with E-state index in [0.717, 1.165) is 5.75 Å². The zero-order valence-electron chi connectivity index (χ0n) is 7.90. The van der Waals surface area contributed by atoms with Gasteiger partial charge in [-0.3, -0.25) is 0 Å². The maximum atomic E-state index is 5.08. The van der Waals surface area contributed by atoms with Crippen LogP contribution in [0.25, 0.3) is 0 Å². The van der Waals surface area contributed by atoms with Crippen LogP contribution < -0.4 is 0 Å². The summed E-state index contributed by atoms with van der Waals surface area (Å²) in [5.74, 6) is 0.816. The number of ether oxygens (including phenoxy) is 2. The Bertz CT molecular complexity index is 222.